The number of ether oxygens (including phenoxy) is 1. The van der Waals surface area contributed by atoms with E-state index in [9.17, 15) is 13.2 Å². The van der Waals surface area contributed by atoms with E-state index in [1.165, 1.54) is 6.33 Å². The molecule has 7 nitrogen and oxygen atoms in total. The molecule has 29 heavy (non-hydrogen) atoms. The molecule has 11 heteroatoms. The maximum atomic E-state index is 12.7. The van der Waals surface area contributed by atoms with Gasteiger partial charge in [0.25, 0.3) is 0 Å². The molecule has 0 spiro atoms. The molecule has 2 heterocycles. The van der Waals surface area contributed by atoms with Gasteiger partial charge < -0.3 is 21.1 Å². The molecule has 0 aliphatic carbocycles. The maximum Gasteiger partial charge on any atom is 0.417 e. The van der Waals surface area contributed by atoms with Gasteiger partial charge in [-0.05, 0) is 37.3 Å². The zero-order chi connectivity index (χ0) is 21.0. The van der Waals surface area contributed by atoms with Crippen LogP contribution in [0.3, 0.4) is 0 Å². The van der Waals surface area contributed by atoms with Crippen LogP contribution in [0.15, 0.2) is 42.9 Å². The summed E-state index contributed by atoms with van der Waals surface area (Å²) in [4.78, 5) is 11.8. The lowest BCUT2D eigenvalue weighted by atomic mass is 10.2. The molecule has 0 radical (unpaired) electrons. The molecular weight excluding hydrogens is 409 g/mol. The number of anilines is 5. The number of pyridine rings is 1. The lowest BCUT2D eigenvalue weighted by Gasteiger charge is -2.14. The minimum atomic E-state index is -4.54. The molecule has 3 aromatic rings. The molecule has 0 saturated heterocycles. The van der Waals surface area contributed by atoms with Gasteiger partial charge in [0.2, 0.25) is 0 Å². The van der Waals surface area contributed by atoms with Crippen LogP contribution in [-0.2, 0) is 6.18 Å². The highest BCUT2D eigenvalue weighted by molar-refractivity contribution is 6.33. The van der Waals surface area contributed by atoms with Crippen LogP contribution < -0.4 is 21.1 Å². The van der Waals surface area contributed by atoms with E-state index in [1.54, 1.807) is 24.3 Å². The van der Waals surface area contributed by atoms with Crippen LogP contribution in [0.5, 0.6) is 5.75 Å². The lowest BCUT2D eigenvalue weighted by molar-refractivity contribution is -0.137. The third-order valence-electron chi connectivity index (χ3n) is 3.72. The number of nitrogens with two attached hydrogens (primary N) is 1. The summed E-state index contributed by atoms with van der Waals surface area (Å²) >= 11 is 5.91. The first-order valence-corrected chi connectivity index (χ1v) is 8.76. The lowest BCUT2D eigenvalue weighted by Crippen LogP contribution is -2.08. The van der Waals surface area contributed by atoms with E-state index in [-0.39, 0.29) is 22.3 Å². The molecule has 0 bridgehead atoms. The van der Waals surface area contributed by atoms with Crippen LogP contribution in [0.4, 0.5) is 42.0 Å². The summed E-state index contributed by atoms with van der Waals surface area (Å²) in [6.07, 6.45) is -2.63. The van der Waals surface area contributed by atoms with Crippen LogP contribution in [0, 0.1) is 0 Å². The van der Waals surface area contributed by atoms with Crippen molar-refractivity contribution < 1.29 is 17.9 Å². The molecule has 3 rings (SSSR count). The molecule has 0 unspecified atom stereocenters. The van der Waals surface area contributed by atoms with Gasteiger partial charge in [0.1, 0.15) is 23.6 Å². The van der Waals surface area contributed by atoms with Crippen molar-refractivity contribution in [3.8, 4) is 5.75 Å². The Kier molecular flexibility index (Phi) is 5.92. The van der Waals surface area contributed by atoms with E-state index < -0.39 is 11.7 Å². The second-order valence-corrected chi connectivity index (χ2v) is 6.15. The Hall–Kier alpha value is -3.27. The Labute approximate surface area is 169 Å². The van der Waals surface area contributed by atoms with Crippen molar-refractivity contribution in [3.05, 3.63) is 53.4 Å². The fourth-order valence-corrected chi connectivity index (χ4v) is 2.54. The molecule has 4 N–H and O–H groups in total. The Morgan fingerprint density at radius 3 is 2.28 bits per heavy atom. The van der Waals surface area contributed by atoms with Gasteiger partial charge in [-0.3, -0.25) is 0 Å². The summed E-state index contributed by atoms with van der Waals surface area (Å²) < 4.78 is 43.6. The van der Waals surface area contributed by atoms with E-state index >= 15 is 0 Å². The summed E-state index contributed by atoms with van der Waals surface area (Å²) in [5, 5.41) is 5.54. The second kappa shape index (κ2) is 8.39. The first-order chi connectivity index (χ1) is 13.8. The van der Waals surface area contributed by atoms with Gasteiger partial charge >= 0.3 is 6.18 Å². The number of aromatic nitrogens is 3. The molecule has 0 fully saturated rings. The number of alkyl halides is 3. The molecule has 0 amide bonds. The van der Waals surface area contributed by atoms with Crippen molar-refractivity contribution in [1.82, 2.24) is 15.0 Å². The van der Waals surface area contributed by atoms with Gasteiger partial charge in [0, 0.05) is 11.9 Å². The van der Waals surface area contributed by atoms with E-state index in [0.29, 0.717) is 24.3 Å². The average molecular weight is 425 g/mol. The van der Waals surface area contributed by atoms with Crippen LogP contribution in [0.1, 0.15) is 12.5 Å². The molecular formula is C18H16ClF3N6O. The summed E-state index contributed by atoms with van der Waals surface area (Å²) in [5.41, 5.74) is 5.97. The van der Waals surface area contributed by atoms with Gasteiger partial charge in [0.05, 0.1) is 17.2 Å². The smallest absolute Gasteiger partial charge is 0.417 e. The van der Waals surface area contributed by atoms with Crippen molar-refractivity contribution in [1.29, 1.82) is 0 Å². The first kappa shape index (κ1) is 20.5. The summed E-state index contributed by atoms with van der Waals surface area (Å²) in [7, 11) is 0. The normalized spacial score (nSPS) is 11.2. The predicted octanol–water partition coefficient (Wildman–Crippen LogP) is 5.01. The van der Waals surface area contributed by atoms with Crippen molar-refractivity contribution >= 4 is 40.4 Å². The van der Waals surface area contributed by atoms with Gasteiger partial charge in [0.15, 0.2) is 11.6 Å². The number of nitrogens with one attached hydrogen (secondary N) is 2. The standard InChI is InChI=1S/C18H16ClF3N6O/c1-2-29-12-5-3-11(4-6-12)27-16-14(23)17(26-9-25-16)28-15-13(19)7-10(8-24-15)18(20,21)22/h3-9H,2,23H2,1H3,(H2,24,25,26,27,28). The van der Waals surface area contributed by atoms with E-state index in [4.69, 9.17) is 22.1 Å². The summed E-state index contributed by atoms with van der Waals surface area (Å²) in [6.45, 7) is 2.45. The number of nitrogen functional groups attached to an aromatic ring is 1. The number of hydrogen-bond donors (Lipinski definition) is 3. The first-order valence-electron chi connectivity index (χ1n) is 8.38. The van der Waals surface area contributed by atoms with Crippen LogP contribution in [0.2, 0.25) is 5.02 Å². The Morgan fingerprint density at radius 1 is 1.03 bits per heavy atom. The van der Waals surface area contributed by atoms with Crippen molar-refractivity contribution in [2.75, 3.05) is 23.0 Å². The Morgan fingerprint density at radius 2 is 1.69 bits per heavy atom. The predicted molar refractivity (Wildman–Crippen MR) is 105 cm³/mol. The SMILES string of the molecule is CCOc1ccc(Nc2ncnc(Nc3ncc(C(F)(F)F)cc3Cl)c2N)cc1. The van der Waals surface area contributed by atoms with Gasteiger partial charge in [-0.25, -0.2) is 15.0 Å². The fourth-order valence-electron chi connectivity index (χ4n) is 2.33. The largest absolute Gasteiger partial charge is 0.494 e. The zero-order valence-corrected chi connectivity index (χ0v) is 15.8. The highest BCUT2D eigenvalue weighted by Crippen LogP contribution is 2.34. The van der Waals surface area contributed by atoms with Gasteiger partial charge in [-0.15, -0.1) is 0 Å². The molecule has 0 saturated carbocycles. The third-order valence-corrected chi connectivity index (χ3v) is 4.01. The molecule has 0 atom stereocenters. The summed E-state index contributed by atoms with van der Waals surface area (Å²) in [6, 6.07) is 7.91. The monoisotopic (exact) mass is 424 g/mol. The van der Waals surface area contributed by atoms with Gasteiger partial charge in [-0.2, -0.15) is 13.2 Å². The molecule has 0 aliphatic rings. The fraction of sp³-hybridized carbons (Fsp3) is 0.167. The van der Waals surface area contributed by atoms with E-state index in [1.807, 2.05) is 6.92 Å². The number of hydrogen-bond acceptors (Lipinski definition) is 7. The van der Waals surface area contributed by atoms with Crippen molar-refractivity contribution in [3.63, 3.8) is 0 Å². The average Bonchev–Trinajstić information content (AvgIpc) is 2.67. The number of halogens is 4. The van der Waals surface area contributed by atoms with E-state index in [0.717, 1.165) is 11.8 Å². The Bertz CT molecular complexity index is 998. The van der Waals surface area contributed by atoms with Crippen LogP contribution >= 0.6 is 11.6 Å². The highest BCUT2D eigenvalue weighted by Gasteiger charge is 2.31. The third kappa shape index (κ3) is 4.96. The van der Waals surface area contributed by atoms with Crippen molar-refractivity contribution in [2.45, 2.75) is 13.1 Å². The second-order valence-electron chi connectivity index (χ2n) is 5.74. The Balaban J connectivity index is 1.80. The minimum absolute atomic E-state index is 0.0166. The van der Waals surface area contributed by atoms with Crippen molar-refractivity contribution in [2.24, 2.45) is 0 Å². The molecule has 152 valence electrons. The van der Waals surface area contributed by atoms with Crippen LogP contribution in [-0.4, -0.2) is 21.6 Å². The number of rotatable bonds is 6. The topological polar surface area (TPSA) is 98.0 Å². The quantitative estimate of drug-likeness (QED) is 0.511. The minimum Gasteiger partial charge on any atom is -0.494 e. The molecule has 1 aromatic carbocycles. The van der Waals surface area contributed by atoms with Crippen LogP contribution in [0.25, 0.3) is 0 Å². The molecule has 2 aromatic heterocycles. The molecule has 0 aliphatic heterocycles. The van der Waals surface area contributed by atoms with Gasteiger partial charge in [-0.1, -0.05) is 11.6 Å². The summed E-state index contributed by atoms with van der Waals surface area (Å²) in [5.74, 6) is 1.15. The van der Waals surface area contributed by atoms with E-state index in [2.05, 4.69) is 25.6 Å². The highest BCUT2D eigenvalue weighted by atomic mass is 35.5. The zero-order valence-electron chi connectivity index (χ0n) is 15.1. The number of nitrogens with zero attached hydrogens (tertiary/aromatic N) is 3. The maximum absolute atomic E-state index is 12.7. The number of benzene rings is 1.